The van der Waals surface area contributed by atoms with Crippen molar-refractivity contribution >= 4 is 23.0 Å². The van der Waals surface area contributed by atoms with Crippen LogP contribution >= 0.6 is 12.2 Å². The summed E-state index contributed by atoms with van der Waals surface area (Å²) < 4.78 is 2.14. The molecular weight excluding hydrogens is 416 g/mol. The van der Waals surface area contributed by atoms with Crippen molar-refractivity contribution in [1.82, 2.24) is 14.9 Å². The molecule has 1 aliphatic heterocycles. The maximum Gasteiger partial charge on any atom is 0.174 e. The molecule has 0 spiro atoms. The van der Waals surface area contributed by atoms with Crippen molar-refractivity contribution in [1.29, 1.82) is 0 Å². The minimum absolute atomic E-state index is 0.109. The van der Waals surface area contributed by atoms with E-state index in [1.165, 1.54) is 11.1 Å². The molecule has 0 unspecified atom stereocenters. The van der Waals surface area contributed by atoms with Crippen molar-refractivity contribution < 1.29 is 5.11 Å². The molecule has 6 heteroatoms. The van der Waals surface area contributed by atoms with E-state index in [2.05, 4.69) is 57.9 Å². The summed E-state index contributed by atoms with van der Waals surface area (Å²) in [7, 11) is 0. The number of aryl methyl sites for hydroxylation is 2. The zero-order valence-corrected chi connectivity index (χ0v) is 18.8. The van der Waals surface area contributed by atoms with E-state index in [1.54, 1.807) is 12.1 Å². The summed E-state index contributed by atoms with van der Waals surface area (Å²) in [5, 5.41) is 14.0. The van der Waals surface area contributed by atoms with Gasteiger partial charge in [0, 0.05) is 29.5 Å². The van der Waals surface area contributed by atoms with E-state index in [-0.39, 0.29) is 17.8 Å². The van der Waals surface area contributed by atoms with Gasteiger partial charge in [0.25, 0.3) is 0 Å². The minimum atomic E-state index is -0.115. The summed E-state index contributed by atoms with van der Waals surface area (Å²) >= 11 is 5.86. The fraction of sp³-hybridized carbons (Fsp3) is 0.154. The molecule has 2 aromatic carbocycles. The standard InChI is InChI=1S/C26H24N4OS/c1-17-14-18(2)16-20(15-17)30-25(24(28-26(30)32)22-6-3-4-12-27-22)23-7-5-13-29(23)19-8-10-21(31)11-9-19/h3-16,24-25,31H,1-2H3,(H,28,32)/t24-,25-/m0/s1. The number of phenolic OH excluding ortho intramolecular Hbond substituents is 1. The van der Waals surface area contributed by atoms with E-state index in [0.29, 0.717) is 5.11 Å². The average Bonchev–Trinajstić information content (AvgIpc) is 3.38. The molecule has 1 fully saturated rings. The first-order valence-corrected chi connectivity index (χ1v) is 11.0. The van der Waals surface area contributed by atoms with E-state index in [0.717, 1.165) is 22.8 Å². The van der Waals surface area contributed by atoms with Crippen molar-refractivity contribution in [2.45, 2.75) is 25.9 Å². The zero-order chi connectivity index (χ0) is 22.2. The smallest absolute Gasteiger partial charge is 0.174 e. The van der Waals surface area contributed by atoms with Gasteiger partial charge in [-0.15, -0.1) is 0 Å². The van der Waals surface area contributed by atoms with Crippen LogP contribution in [0.1, 0.15) is 34.6 Å². The van der Waals surface area contributed by atoms with Crippen LogP contribution in [-0.2, 0) is 0 Å². The molecule has 1 saturated heterocycles. The minimum Gasteiger partial charge on any atom is -0.508 e. The fourth-order valence-electron chi connectivity index (χ4n) is 4.51. The van der Waals surface area contributed by atoms with Crippen LogP contribution in [0.3, 0.4) is 0 Å². The van der Waals surface area contributed by atoms with Gasteiger partial charge in [-0.3, -0.25) is 4.98 Å². The van der Waals surface area contributed by atoms with Gasteiger partial charge in [0.1, 0.15) is 11.8 Å². The first kappa shape index (κ1) is 20.3. The summed E-state index contributed by atoms with van der Waals surface area (Å²) in [6.45, 7) is 4.21. The molecule has 2 atom stereocenters. The Morgan fingerprint density at radius 3 is 2.34 bits per heavy atom. The van der Waals surface area contributed by atoms with E-state index in [9.17, 15) is 5.11 Å². The Morgan fingerprint density at radius 2 is 1.66 bits per heavy atom. The number of nitrogens with one attached hydrogen (secondary N) is 1. The van der Waals surface area contributed by atoms with Crippen LogP contribution in [0.2, 0.25) is 0 Å². The Labute approximate surface area is 193 Å². The lowest BCUT2D eigenvalue weighted by Crippen LogP contribution is -2.30. The lowest BCUT2D eigenvalue weighted by atomic mass is 10.00. The quantitative estimate of drug-likeness (QED) is 0.418. The lowest BCUT2D eigenvalue weighted by molar-refractivity contribution is 0.475. The monoisotopic (exact) mass is 440 g/mol. The average molecular weight is 441 g/mol. The first-order chi connectivity index (χ1) is 15.5. The second-order valence-electron chi connectivity index (χ2n) is 8.16. The fourth-order valence-corrected chi connectivity index (χ4v) is 4.85. The summed E-state index contributed by atoms with van der Waals surface area (Å²) in [5.74, 6) is 0.245. The normalized spacial score (nSPS) is 18.1. The molecule has 3 heterocycles. The van der Waals surface area contributed by atoms with Crippen molar-refractivity contribution in [3.8, 4) is 11.4 Å². The predicted octanol–water partition coefficient (Wildman–Crippen LogP) is 5.37. The third-order valence-electron chi connectivity index (χ3n) is 5.79. The number of rotatable bonds is 4. The number of hydrogen-bond donors (Lipinski definition) is 2. The van der Waals surface area contributed by atoms with Gasteiger partial charge in [0.2, 0.25) is 0 Å². The number of thiocarbonyl (C=S) groups is 1. The molecule has 2 aromatic heterocycles. The van der Waals surface area contributed by atoms with Crippen molar-refractivity contribution in [2.75, 3.05) is 4.90 Å². The van der Waals surface area contributed by atoms with E-state index < -0.39 is 0 Å². The Bertz CT molecular complexity index is 1250. The molecule has 0 bridgehead atoms. The molecule has 2 N–H and O–H groups in total. The van der Waals surface area contributed by atoms with Crippen molar-refractivity contribution in [3.63, 3.8) is 0 Å². The number of aromatic nitrogens is 2. The largest absolute Gasteiger partial charge is 0.508 e. The van der Waals surface area contributed by atoms with E-state index >= 15 is 0 Å². The van der Waals surface area contributed by atoms with Crippen LogP contribution in [0.4, 0.5) is 5.69 Å². The predicted molar refractivity (Wildman–Crippen MR) is 131 cm³/mol. The second kappa shape index (κ2) is 8.13. The SMILES string of the molecule is Cc1cc(C)cc(N2C(=S)N[C@@H](c3ccccn3)[C@@H]2c2cccn2-c2ccc(O)cc2)c1. The Kier molecular flexibility index (Phi) is 5.15. The maximum absolute atomic E-state index is 9.75. The molecule has 5 nitrogen and oxygen atoms in total. The number of anilines is 1. The van der Waals surface area contributed by atoms with Crippen molar-refractivity contribution in [2.24, 2.45) is 0 Å². The molecule has 0 radical (unpaired) electrons. The van der Waals surface area contributed by atoms with Crippen LogP contribution in [0, 0.1) is 13.8 Å². The molecular formula is C26H24N4OS. The molecule has 0 aliphatic carbocycles. The summed E-state index contributed by atoms with van der Waals surface area (Å²) in [6, 6.07) is 23.6. The third-order valence-corrected chi connectivity index (χ3v) is 6.11. The van der Waals surface area contributed by atoms with Gasteiger partial charge in [0.15, 0.2) is 5.11 Å². The van der Waals surface area contributed by atoms with Gasteiger partial charge in [-0.1, -0.05) is 12.1 Å². The molecule has 0 saturated carbocycles. The molecule has 32 heavy (non-hydrogen) atoms. The molecule has 1 aliphatic rings. The van der Waals surface area contributed by atoms with E-state index in [1.807, 2.05) is 48.8 Å². The van der Waals surface area contributed by atoms with Crippen LogP contribution in [0.15, 0.2) is 85.2 Å². The van der Waals surface area contributed by atoms with Gasteiger partial charge >= 0.3 is 0 Å². The third kappa shape index (κ3) is 3.63. The zero-order valence-electron chi connectivity index (χ0n) is 17.9. The van der Waals surface area contributed by atoms with Crippen LogP contribution in [0.25, 0.3) is 5.69 Å². The van der Waals surface area contributed by atoms with Gasteiger partial charge in [-0.25, -0.2) is 0 Å². The highest BCUT2D eigenvalue weighted by Gasteiger charge is 2.42. The molecule has 4 aromatic rings. The van der Waals surface area contributed by atoms with Crippen molar-refractivity contribution in [3.05, 3.63) is 108 Å². The highest BCUT2D eigenvalue weighted by atomic mass is 32.1. The number of aromatic hydroxyl groups is 1. The van der Waals surface area contributed by atoms with Crippen LogP contribution < -0.4 is 10.2 Å². The number of benzene rings is 2. The van der Waals surface area contributed by atoms with Crippen LogP contribution in [-0.4, -0.2) is 19.8 Å². The Hall–Kier alpha value is -3.64. The summed E-state index contributed by atoms with van der Waals surface area (Å²) in [4.78, 5) is 6.84. The highest BCUT2D eigenvalue weighted by molar-refractivity contribution is 7.80. The van der Waals surface area contributed by atoms with Gasteiger partial charge in [0.05, 0.1) is 11.7 Å². The van der Waals surface area contributed by atoms with Crippen LogP contribution in [0.5, 0.6) is 5.75 Å². The molecule has 160 valence electrons. The molecule has 5 rings (SSSR count). The van der Waals surface area contributed by atoms with Gasteiger partial charge < -0.3 is 19.9 Å². The first-order valence-electron chi connectivity index (χ1n) is 10.6. The number of pyridine rings is 1. The topological polar surface area (TPSA) is 53.3 Å². The second-order valence-corrected chi connectivity index (χ2v) is 8.55. The lowest BCUT2D eigenvalue weighted by Gasteiger charge is -2.29. The summed E-state index contributed by atoms with van der Waals surface area (Å²) in [5.41, 5.74) is 6.43. The van der Waals surface area contributed by atoms with Gasteiger partial charge in [-0.05, 0) is 97.9 Å². The Morgan fingerprint density at radius 1 is 0.906 bits per heavy atom. The maximum atomic E-state index is 9.75. The Balaban J connectivity index is 1.68. The summed E-state index contributed by atoms with van der Waals surface area (Å²) in [6.07, 6.45) is 3.86. The molecule has 0 amide bonds. The van der Waals surface area contributed by atoms with E-state index in [4.69, 9.17) is 12.2 Å². The number of phenols is 1. The van der Waals surface area contributed by atoms with Gasteiger partial charge in [-0.2, -0.15) is 0 Å². The highest BCUT2D eigenvalue weighted by Crippen LogP contribution is 2.42. The number of hydrogen-bond acceptors (Lipinski definition) is 3. The number of nitrogens with zero attached hydrogens (tertiary/aromatic N) is 3.